The highest BCUT2D eigenvalue weighted by atomic mass is 16.5. The SMILES string of the molecule is CCCNC(=O)CNC(=O)c1ccc(OCc2c(C)noc2C)cc1. The van der Waals surface area contributed by atoms with E-state index < -0.39 is 0 Å². The van der Waals surface area contributed by atoms with Gasteiger partial charge in [0.2, 0.25) is 5.91 Å². The van der Waals surface area contributed by atoms with Gasteiger partial charge in [0.25, 0.3) is 5.91 Å². The molecule has 1 heterocycles. The van der Waals surface area contributed by atoms with Crippen molar-refractivity contribution in [3.8, 4) is 5.75 Å². The number of carbonyl (C=O) groups is 2. The van der Waals surface area contributed by atoms with Crippen LogP contribution in [-0.2, 0) is 11.4 Å². The van der Waals surface area contributed by atoms with E-state index in [9.17, 15) is 9.59 Å². The molecule has 0 spiro atoms. The molecule has 2 N–H and O–H groups in total. The Hall–Kier alpha value is -2.83. The van der Waals surface area contributed by atoms with E-state index >= 15 is 0 Å². The lowest BCUT2D eigenvalue weighted by molar-refractivity contribution is -0.120. The van der Waals surface area contributed by atoms with Gasteiger partial charge < -0.3 is 19.9 Å². The minimum Gasteiger partial charge on any atom is -0.489 e. The molecule has 134 valence electrons. The maximum atomic E-state index is 12.0. The van der Waals surface area contributed by atoms with Crippen LogP contribution in [0, 0.1) is 13.8 Å². The standard InChI is InChI=1S/C18H23N3O4/c1-4-9-19-17(22)10-20-18(23)14-5-7-15(8-6-14)24-11-16-12(2)21-25-13(16)3/h5-8H,4,9-11H2,1-3H3,(H,19,22)(H,20,23). The van der Waals surface area contributed by atoms with Gasteiger partial charge in [-0.1, -0.05) is 12.1 Å². The van der Waals surface area contributed by atoms with E-state index in [-0.39, 0.29) is 18.4 Å². The van der Waals surface area contributed by atoms with Crippen molar-refractivity contribution >= 4 is 11.8 Å². The Labute approximate surface area is 146 Å². The number of hydrogen-bond donors (Lipinski definition) is 2. The summed E-state index contributed by atoms with van der Waals surface area (Å²) in [6.45, 7) is 6.58. The van der Waals surface area contributed by atoms with Gasteiger partial charge in [0.05, 0.1) is 17.8 Å². The molecule has 1 aromatic carbocycles. The van der Waals surface area contributed by atoms with Gasteiger partial charge in [-0.05, 0) is 44.5 Å². The molecule has 0 aliphatic heterocycles. The fourth-order valence-corrected chi connectivity index (χ4v) is 2.16. The number of amides is 2. The first-order valence-corrected chi connectivity index (χ1v) is 8.20. The molecular weight excluding hydrogens is 322 g/mol. The molecule has 0 saturated heterocycles. The van der Waals surface area contributed by atoms with Crippen molar-refractivity contribution in [1.82, 2.24) is 15.8 Å². The molecule has 0 fully saturated rings. The average Bonchev–Trinajstić information content (AvgIpc) is 2.94. The molecule has 0 radical (unpaired) electrons. The van der Waals surface area contributed by atoms with Gasteiger partial charge in [0.15, 0.2) is 0 Å². The van der Waals surface area contributed by atoms with Crippen LogP contribution in [0.3, 0.4) is 0 Å². The average molecular weight is 345 g/mol. The van der Waals surface area contributed by atoms with Crippen LogP contribution < -0.4 is 15.4 Å². The zero-order chi connectivity index (χ0) is 18.2. The molecule has 25 heavy (non-hydrogen) atoms. The molecule has 7 heteroatoms. The van der Waals surface area contributed by atoms with E-state index in [0.717, 1.165) is 23.4 Å². The number of nitrogens with zero attached hydrogens (tertiary/aromatic N) is 1. The van der Waals surface area contributed by atoms with Crippen molar-refractivity contribution in [2.45, 2.75) is 33.8 Å². The second-order valence-electron chi connectivity index (χ2n) is 5.65. The smallest absolute Gasteiger partial charge is 0.251 e. The highest BCUT2D eigenvalue weighted by Gasteiger charge is 2.11. The van der Waals surface area contributed by atoms with Gasteiger partial charge in [-0.3, -0.25) is 9.59 Å². The van der Waals surface area contributed by atoms with E-state index in [2.05, 4.69) is 15.8 Å². The normalized spacial score (nSPS) is 10.4. The van der Waals surface area contributed by atoms with Gasteiger partial charge in [-0.25, -0.2) is 0 Å². The molecule has 2 amide bonds. The Balaban J connectivity index is 1.84. The van der Waals surface area contributed by atoms with Crippen LogP contribution in [0.4, 0.5) is 0 Å². The Morgan fingerprint density at radius 3 is 2.48 bits per heavy atom. The summed E-state index contributed by atoms with van der Waals surface area (Å²) in [4.78, 5) is 23.5. The van der Waals surface area contributed by atoms with Gasteiger partial charge in [-0.15, -0.1) is 0 Å². The van der Waals surface area contributed by atoms with Crippen LogP contribution in [0.15, 0.2) is 28.8 Å². The summed E-state index contributed by atoms with van der Waals surface area (Å²) in [6, 6.07) is 6.73. The Kier molecular flexibility index (Phi) is 6.56. The van der Waals surface area contributed by atoms with Crippen LogP contribution in [0.2, 0.25) is 0 Å². The second-order valence-corrected chi connectivity index (χ2v) is 5.65. The monoisotopic (exact) mass is 345 g/mol. The Morgan fingerprint density at radius 1 is 1.16 bits per heavy atom. The molecule has 0 atom stereocenters. The summed E-state index contributed by atoms with van der Waals surface area (Å²) in [5.74, 6) is 0.866. The first kappa shape index (κ1) is 18.5. The van der Waals surface area contributed by atoms with Gasteiger partial charge in [-0.2, -0.15) is 0 Å². The minimum atomic E-state index is -0.302. The topological polar surface area (TPSA) is 93.5 Å². The number of carbonyl (C=O) groups excluding carboxylic acids is 2. The Morgan fingerprint density at radius 2 is 1.88 bits per heavy atom. The Bertz CT molecular complexity index is 703. The van der Waals surface area contributed by atoms with E-state index in [1.165, 1.54) is 0 Å². The van der Waals surface area contributed by atoms with Crippen molar-refractivity contribution in [1.29, 1.82) is 0 Å². The summed E-state index contributed by atoms with van der Waals surface area (Å²) in [5.41, 5.74) is 2.18. The summed E-state index contributed by atoms with van der Waals surface area (Å²) in [7, 11) is 0. The molecule has 7 nitrogen and oxygen atoms in total. The van der Waals surface area contributed by atoms with Gasteiger partial charge in [0, 0.05) is 12.1 Å². The number of rotatable bonds is 8. The number of nitrogens with one attached hydrogen (secondary N) is 2. The highest BCUT2D eigenvalue weighted by molar-refractivity contribution is 5.96. The zero-order valence-corrected chi connectivity index (χ0v) is 14.7. The molecule has 0 aliphatic rings. The zero-order valence-electron chi connectivity index (χ0n) is 14.7. The van der Waals surface area contributed by atoms with Crippen LogP contribution >= 0.6 is 0 Å². The van der Waals surface area contributed by atoms with Crippen molar-refractivity contribution in [2.75, 3.05) is 13.1 Å². The first-order valence-electron chi connectivity index (χ1n) is 8.20. The van der Waals surface area contributed by atoms with Crippen molar-refractivity contribution in [2.24, 2.45) is 0 Å². The quantitative estimate of drug-likeness (QED) is 0.764. The lowest BCUT2D eigenvalue weighted by Gasteiger charge is -2.08. The third kappa shape index (κ3) is 5.34. The molecule has 0 bridgehead atoms. The maximum Gasteiger partial charge on any atom is 0.251 e. The van der Waals surface area contributed by atoms with Crippen LogP contribution in [0.5, 0.6) is 5.75 Å². The molecule has 1 aromatic heterocycles. The fourth-order valence-electron chi connectivity index (χ4n) is 2.16. The predicted molar refractivity (Wildman–Crippen MR) is 92.4 cm³/mol. The van der Waals surface area contributed by atoms with E-state index in [1.807, 2.05) is 20.8 Å². The lowest BCUT2D eigenvalue weighted by atomic mass is 10.2. The van der Waals surface area contributed by atoms with Crippen molar-refractivity contribution < 1.29 is 18.8 Å². The molecular formula is C18H23N3O4. The number of aryl methyl sites for hydroxylation is 2. The summed E-state index contributed by atoms with van der Waals surface area (Å²) < 4.78 is 10.8. The third-order valence-corrected chi connectivity index (χ3v) is 3.66. The lowest BCUT2D eigenvalue weighted by Crippen LogP contribution is -2.37. The van der Waals surface area contributed by atoms with Crippen molar-refractivity contribution in [3.63, 3.8) is 0 Å². The molecule has 0 aliphatic carbocycles. The predicted octanol–water partition coefficient (Wildman–Crippen LogP) is 2.13. The number of ether oxygens (including phenoxy) is 1. The van der Waals surface area contributed by atoms with Crippen molar-refractivity contribution in [3.05, 3.63) is 46.8 Å². The summed E-state index contributed by atoms with van der Waals surface area (Å²) in [6.07, 6.45) is 0.856. The second kappa shape index (κ2) is 8.86. The minimum absolute atomic E-state index is 0.0386. The van der Waals surface area contributed by atoms with Crippen LogP contribution in [0.25, 0.3) is 0 Å². The summed E-state index contributed by atoms with van der Waals surface area (Å²) in [5, 5.41) is 9.16. The van der Waals surface area contributed by atoms with Gasteiger partial charge in [0.1, 0.15) is 18.1 Å². The highest BCUT2D eigenvalue weighted by Crippen LogP contribution is 2.17. The fraction of sp³-hybridized carbons (Fsp3) is 0.389. The maximum absolute atomic E-state index is 12.0. The molecule has 2 rings (SSSR count). The van der Waals surface area contributed by atoms with Crippen LogP contribution in [0.1, 0.15) is 40.7 Å². The first-order chi connectivity index (χ1) is 12.0. The largest absolute Gasteiger partial charge is 0.489 e. The summed E-state index contributed by atoms with van der Waals surface area (Å²) >= 11 is 0. The molecule has 0 unspecified atom stereocenters. The van der Waals surface area contributed by atoms with E-state index in [0.29, 0.717) is 24.5 Å². The number of aromatic nitrogens is 1. The van der Waals surface area contributed by atoms with E-state index in [1.54, 1.807) is 24.3 Å². The molecule has 2 aromatic rings. The molecule has 0 saturated carbocycles. The van der Waals surface area contributed by atoms with E-state index in [4.69, 9.17) is 9.26 Å². The number of hydrogen-bond acceptors (Lipinski definition) is 5. The van der Waals surface area contributed by atoms with Gasteiger partial charge >= 0.3 is 0 Å². The number of benzene rings is 1. The van der Waals surface area contributed by atoms with Crippen LogP contribution in [-0.4, -0.2) is 30.1 Å². The third-order valence-electron chi connectivity index (χ3n) is 3.66.